The van der Waals surface area contributed by atoms with Gasteiger partial charge in [0.25, 0.3) is 0 Å². The van der Waals surface area contributed by atoms with Gasteiger partial charge in [-0.2, -0.15) is 0 Å². The molecular formula is C20H34O6. The fraction of sp³-hybridized carbons (Fsp3) is 0.850. The van der Waals surface area contributed by atoms with Gasteiger partial charge >= 0.3 is 5.97 Å². The van der Waals surface area contributed by atoms with E-state index in [0.717, 1.165) is 12.8 Å². The molecule has 0 spiro atoms. The molecule has 1 rings (SSSR count). The first-order chi connectivity index (χ1) is 12.7. The Bertz CT molecular complexity index is 412. The molecule has 0 aliphatic heterocycles. The SMILES string of the molecule is CC(C)C(=O)OCCOCCOCCOCCOC1C#CCCCCC1. The minimum atomic E-state index is -0.201. The number of hydrogen-bond donors (Lipinski definition) is 0. The predicted octanol–water partition coefficient (Wildman–Crippen LogP) is 2.59. The molecule has 150 valence electrons. The van der Waals surface area contributed by atoms with Crippen molar-refractivity contribution in [3.8, 4) is 11.8 Å². The summed E-state index contributed by atoms with van der Waals surface area (Å²) < 4.78 is 26.9. The summed E-state index contributed by atoms with van der Waals surface area (Å²) in [5, 5.41) is 0. The lowest BCUT2D eigenvalue weighted by molar-refractivity contribution is -0.149. The van der Waals surface area contributed by atoms with Gasteiger partial charge in [0.2, 0.25) is 0 Å². The van der Waals surface area contributed by atoms with E-state index in [2.05, 4.69) is 11.8 Å². The van der Waals surface area contributed by atoms with E-state index in [-0.39, 0.29) is 24.6 Å². The van der Waals surface area contributed by atoms with E-state index in [9.17, 15) is 4.79 Å². The third-order valence-electron chi connectivity index (χ3n) is 3.77. The third-order valence-corrected chi connectivity index (χ3v) is 3.77. The number of esters is 1. The molecule has 6 nitrogen and oxygen atoms in total. The van der Waals surface area contributed by atoms with Gasteiger partial charge in [-0.15, -0.1) is 5.92 Å². The van der Waals surface area contributed by atoms with E-state index >= 15 is 0 Å². The molecule has 1 atom stereocenters. The van der Waals surface area contributed by atoms with Crippen molar-refractivity contribution < 1.29 is 28.5 Å². The number of rotatable bonds is 14. The summed E-state index contributed by atoms with van der Waals surface area (Å²) in [7, 11) is 0. The minimum absolute atomic E-state index is 0.0621. The molecule has 0 N–H and O–H groups in total. The standard InChI is InChI=1S/C20H34O6/c1-18(2)20(21)26-17-15-24-13-11-22-10-12-23-14-16-25-19-8-6-4-3-5-7-9-19/h18-19H,3-6,8,10-17H2,1-2H3. The molecule has 6 heteroatoms. The molecule has 0 aromatic rings. The highest BCUT2D eigenvalue weighted by atomic mass is 16.6. The molecule has 0 bridgehead atoms. The minimum Gasteiger partial charge on any atom is -0.463 e. The van der Waals surface area contributed by atoms with Crippen LogP contribution < -0.4 is 0 Å². The Kier molecular flexibility index (Phi) is 14.2. The van der Waals surface area contributed by atoms with Gasteiger partial charge < -0.3 is 23.7 Å². The lowest BCUT2D eigenvalue weighted by Crippen LogP contribution is -2.17. The molecule has 0 radical (unpaired) electrons. The van der Waals surface area contributed by atoms with Crippen LogP contribution in [0.2, 0.25) is 0 Å². The zero-order chi connectivity index (χ0) is 18.9. The Balaban J connectivity index is 1.80. The summed E-state index contributed by atoms with van der Waals surface area (Å²) in [5.74, 6) is 6.04. The van der Waals surface area contributed by atoms with Crippen LogP contribution in [0.1, 0.15) is 46.0 Å². The summed E-state index contributed by atoms with van der Waals surface area (Å²) in [4.78, 5) is 11.2. The maximum atomic E-state index is 11.2. The zero-order valence-electron chi connectivity index (χ0n) is 16.3. The summed E-state index contributed by atoms with van der Waals surface area (Å²) in [5.41, 5.74) is 0. The predicted molar refractivity (Wildman–Crippen MR) is 98.9 cm³/mol. The molecule has 0 aromatic carbocycles. The molecule has 0 saturated heterocycles. The zero-order valence-corrected chi connectivity index (χ0v) is 16.3. The highest BCUT2D eigenvalue weighted by Gasteiger charge is 2.07. The Morgan fingerprint density at radius 3 is 2.15 bits per heavy atom. The Morgan fingerprint density at radius 2 is 1.50 bits per heavy atom. The molecule has 0 heterocycles. The molecule has 1 aliphatic rings. The van der Waals surface area contributed by atoms with Crippen molar-refractivity contribution in [2.24, 2.45) is 5.92 Å². The van der Waals surface area contributed by atoms with Crippen LogP contribution in [0.4, 0.5) is 0 Å². The van der Waals surface area contributed by atoms with E-state index < -0.39 is 0 Å². The van der Waals surface area contributed by atoms with Crippen LogP contribution in [0.3, 0.4) is 0 Å². The Hall–Kier alpha value is -1.13. The fourth-order valence-electron chi connectivity index (χ4n) is 2.26. The molecule has 1 unspecified atom stereocenters. The molecular weight excluding hydrogens is 336 g/mol. The van der Waals surface area contributed by atoms with E-state index in [0.29, 0.717) is 46.2 Å². The van der Waals surface area contributed by atoms with Crippen molar-refractivity contribution in [2.75, 3.05) is 52.9 Å². The van der Waals surface area contributed by atoms with Crippen LogP contribution in [-0.2, 0) is 28.5 Å². The topological polar surface area (TPSA) is 63.2 Å². The lowest BCUT2D eigenvalue weighted by atomic mass is 10.1. The van der Waals surface area contributed by atoms with Crippen LogP contribution >= 0.6 is 0 Å². The smallest absolute Gasteiger partial charge is 0.308 e. The van der Waals surface area contributed by atoms with Crippen molar-refractivity contribution in [1.29, 1.82) is 0 Å². The van der Waals surface area contributed by atoms with Crippen molar-refractivity contribution in [1.82, 2.24) is 0 Å². The first-order valence-electron chi connectivity index (χ1n) is 9.70. The number of carbonyl (C=O) groups is 1. The fourth-order valence-corrected chi connectivity index (χ4v) is 2.26. The summed E-state index contributed by atoms with van der Waals surface area (Å²) in [6.07, 6.45) is 5.71. The first-order valence-corrected chi connectivity index (χ1v) is 9.70. The Labute approximate surface area is 157 Å². The van der Waals surface area contributed by atoms with Gasteiger partial charge in [-0.1, -0.05) is 26.2 Å². The average molecular weight is 370 g/mol. The van der Waals surface area contributed by atoms with Gasteiger partial charge in [0.15, 0.2) is 0 Å². The van der Waals surface area contributed by atoms with E-state index in [4.69, 9.17) is 23.7 Å². The average Bonchev–Trinajstić information content (AvgIpc) is 2.60. The van der Waals surface area contributed by atoms with Gasteiger partial charge in [0.05, 0.1) is 52.2 Å². The van der Waals surface area contributed by atoms with Crippen LogP contribution in [0, 0.1) is 17.8 Å². The second-order valence-corrected chi connectivity index (χ2v) is 6.44. The normalized spacial score (nSPS) is 17.3. The van der Waals surface area contributed by atoms with Gasteiger partial charge in [-0.05, 0) is 19.3 Å². The number of carbonyl (C=O) groups excluding carboxylic acids is 1. The summed E-state index contributed by atoms with van der Waals surface area (Å²) >= 11 is 0. The lowest BCUT2D eigenvalue weighted by Gasteiger charge is -2.14. The Morgan fingerprint density at radius 1 is 0.885 bits per heavy atom. The quantitative estimate of drug-likeness (QED) is 0.266. The molecule has 1 aliphatic carbocycles. The number of ether oxygens (including phenoxy) is 5. The van der Waals surface area contributed by atoms with Crippen LogP contribution in [-0.4, -0.2) is 64.9 Å². The highest BCUT2D eigenvalue weighted by Crippen LogP contribution is 2.10. The van der Waals surface area contributed by atoms with Crippen LogP contribution in [0.25, 0.3) is 0 Å². The third kappa shape index (κ3) is 13.1. The monoisotopic (exact) mass is 370 g/mol. The van der Waals surface area contributed by atoms with Gasteiger partial charge in [-0.25, -0.2) is 0 Å². The van der Waals surface area contributed by atoms with E-state index in [1.54, 1.807) is 13.8 Å². The van der Waals surface area contributed by atoms with Gasteiger partial charge in [0, 0.05) is 6.42 Å². The van der Waals surface area contributed by atoms with E-state index in [1.807, 2.05) is 0 Å². The largest absolute Gasteiger partial charge is 0.463 e. The maximum Gasteiger partial charge on any atom is 0.308 e. The molecule has 0 aromatic heterocycles. The van der Waals surface area contributed by atoms with Crippen molar-refractivity contribution >= 4 is 5.97 Å². The maximum absolute atomic E-state index is 11.2. The summed E-state index contributed by atoms with van der Waals surface area (Å²) in [6, 6.07) is 0. The van der Waals surface area contributed by atoms with Gasteiger partial charge in [-0.3, -0.25) is 4.79 Å². The molecule has 26 heavy (non-hydrogen) atoms. The number of hydrogen-bond acceptors (Lipinski definition) is 6. The summed E-state index contributed by atoms with van der Waals surface area (Å²) in [6.45, 7) is 7.43. The second kappa shape index (κ2) is 16.1. The van der Waals surface area contributed by atoms with Crippen molar-refractivity contribution in [2.45, 2.75) is 52.1 Å². The molecule has 0 saturated carbocycles. The highest BCUT2D eigenvalue weighted by molar-refractivity contribution is 5.71. The first kappa shape index (κ1) is 22.9. The molecule has 0 amide bonds. The molecule has 0 fully saturated rings. The second-order valence-electron chi connectivity index (χ2n) is 6.44. The van der Waals surface area contributed by atoms with Crippen molar-refractivity contribution in [3.05, 3.63) is 0 Å². The van der Waals surface area contributed by atoms with Gasteiger partial charge in [0.1, 0.15) is 12.7 Å². The van der Waals surface area contributed by atoms with E-state index in [1.165, 1.54) is 19.3 Å². The van der Waals surface area contributed by atoms with Crippen molar-refractivity contribution in [3.63, 3.8) is 0 Å². The van der Waals surface area contributed by atoms with Crippen LogP contribution in [0.15, 0.2) is 0 Å². The van der Waals surface area contributed by atoms with Crippen LogP contribution in [0.5, 0.6) is 0 Å².